The van der Waals surface area contributed by atoms with Crippen LogP contribution in [0, 0.1) is 0 Å². The molecular weight excluding hydrogens is 344 g/mol. The first-order chi connectivity index (χ1) is 13.2. The molecule has 2 aliphatic heterocycles. The Morgan fingerprint density at radius 1 is 1.00 bits per heavy atom. The highest BCUT2D eigenvalue weighted by atomic mass is 16.7. The monoisotopic (exact) mass is 364 g/mol. The van der Waals surface area contributed by atoms with Gasteiger partial charge in [0, 0.05) is 24.6 Å². The minimum absolute atomic E-state index is 0.115. The number of carbonyl (C=O) groups is 2. The number of fused-ring (bicyclic) bond motifs is 2. The maximum atomic E-state index is 12.6. The number of ether oxygens (including phenoxy) is 2. The van der Waals surface area contributed by atoms with E-state index >= 15 is 0 Å². The molecule has 3 aliphatic rings. The molecule has 2 aromatic rings. The van der Waals surface area contributed by atoms with E-state index in [1.165, 1.54) is 11.1 Å². The summed E-state index contributed by atoms with van der Waals surface area (Å²) in [7, 11) is 0. The van der Waals surface area contributed by atoms with Crippen molar-refractivity contribution in [2.45, 2.75) is 31.3 Å². The molecule has 0 spiro atoms. The van der Waals surface area contributed by atoms with Gasteiger partial charge in [0.05, 0.1) is 6.04 Å². The first kappa shape index (κ1) is 16.2. The normalized spacial score (nSPS) is 20.8. The number of hydrogen-bond acceptors (Lipinski definition) is 4. The lowest BCUT2D eigenvalue weighted by Crippen LogP contribution is -2.41. The van der Waals surface area contributed by atoms with Crippen LogP contribution in [0.5, 0.6) is 11.5 Å². The van der Waals surface area contributed by atoms with E-state index in [1.807, 2.05) is 17.0 Å². The van der Waals surface area contributed by atoms with E-state index in [0.717, 1.165) is 12.8 Å². The van der Waals surface area contributed by atoms with E-state index < -0.39 is 0 Å². The van der Waals surface area contributed by atoms with E-state index in [1.54, 1.807) is 18.2 Å². The van der Waals surface area contributed by atoms with E-state index in [4.69, 9.17) is 9.47 Å². The summed E-state index contributed by atoms with van der Waals surface area (Å²) >= 11 is 0. The summed E-state index contributed by atoms with van der Waals surface area (Å²) in [5.74, 6) is 1.15. The predicted molar refractivity (Wildman–Crippen MR) is 97.8 cm³/mol. The maximum Gasteiger partial charge on any atom is 0.251 e. The van der Waals surface area contributed by atoms with Crippen molar-refractivity contribution in [2.75, 3.05) is 13.3 Å². The zero-order valence-corrected chi connectivity index (χ0v) is 14.8. The Bertz CT molecular complexity index is 901. The van der Waals surface area contributed by atoms with Gasteiger partial charge in [-0.1, -0.05) is 24.3 Å². The van der Waals surface area contributed by atoms with Gasteiger partial charge >= 0.3 is 0 Å². The molecule has 5 rings (SSSR count). The highest BCUT2D eigenvalue weighted by molar-refractivity contribution is 5.95. The quantitative estimate of drug-likeness (QED) is 0.904. The predicted octanol–water partition coefficient (Wildman–Crippen LogP) is 1.91. The molecule has 6 heteroatoms. The average Bonchev–Trinajstić information content (AvgIpc) is 3.38. The summed E-state index contributed by atoms with van der Waals surface area (Å²) in [5.41, 5.74) is 3.16. The Balaban J connectivity index is 1.24. The molecule has 1 fully saturated rings. The third kappa shape index (κ3) is 2.91. The summed E-state index contributed by atoms with van der Waals surface area (Å²) in [6.07, 6.45) is 2.14. The van der Waals surface area contributed by atoms with Crippen LogP contribution < -0.4 is 14.8 Å². The number of carbonyl (C=O) groups excluding carboxylic acids is 2. The van der Waals surface area contributed by atoms with Crippen LogP contribution in [-0.2, 0) is 17.6 Å². The van der Waals surface area contributed by atoms with Crippen molar-refractivity contribution in [2.24, 2.45) is 0 Å². The van der Waals surface area contributed by atoms with Crippen LogP contribution in [0.25, 0.3) is 0 Å². The van der Waals surface area contributed by atoms with Crippen molar-refractivity contribution >= 4 is 11.8 Å². The second kappa shape index (κ2) is 6.30. The average molecular weight is 364 g/mol. The lowest BCUT2D eigenvalue weighted by molar-refractivity contribution is -0.129. The molecule has 2 aromatic carbocycles. The van der Waals surface area contributed by atoms with Crippen molar-refractivity contribution < 1.29 is 19.1 Å². The molecule has 0 bridgehead atoms. The molecule has 0 unspecified atom stereocenters. The number of benzene rings is 2. The Morgan fingerprint density at radius 3 is 2.52 bits per heavy atom. The summed E-state index contributed by atoms with van der Waals surface area (Å²) in [6.45, 7) is 0.740. The molecule has 2 heterocycles. The Morgan fingerprint density at radius 2 is 1.74 bits per heavy atom. The first-order valence-corrected chi connectivity index (χ1v) is 9.24. The third-order valence-electron chi connectivity index (χ3n) is 5.60. The number of amides is 2. The number of hydrogen-bond donors (Lipinski definition) is 1. The summed E-state index contributed by atoms with van der Waals surface area (Å²) < 4.78 is 10.6. The lowest BCUT2D eigenvalue weighted by Gasteiger charge is -2.24. The van der Waals surface area contributed by atoms with Gasteiger partial charge in [-0.15, -0.1) is 0 Å². The van der Waals surface area contributed by atoms with Crippen molar-refractivity contribution in [3.8, 4) is 11.5 Å². The minimum Gasteiger partial charge on any atom is -0.454 e. The Kier molecular flexibility index (Phi) is 3.77. The maximum absolute atomic E-state index is 12.6. The van der Waals surface area contributed by atoms with Gasteiger partial charge in [-0.25, -0.2) is 0 Å². The van der Waals surface area contributed by atoms with E-state index in [0.29, 0.717) is 30.0 Å². The third-order valence-corrected chi connectivity index (χ3v) is 5.60. The van der Waals surface area contributed by atoms with Gasteiger partial charge in [0.1, 0.15) is 0 Å². The molecule has 1 aliphatic carbocycles. The molecule has 138 valence electrons. The SMILES string of the molecule is O=C(N[C@@H]1CC(=O)N(C2Cc3ccccc3C2)C1)c1ccc2c(c1)OCO2. The summed E-state index contributed by atoms with van der Waals surface area (Å²) in [6, 6.07) is 13.5. The van der Waals surface area contributed by atoms with Gasteiger partial charge in [0.2, 0.25) is 12.7 Å². The molecule has 6 nitrogen and oxygen atoms in total. The van der Waals surface area contributed by atoms with Crippen LogP contribution >= 0.6 is 0 Å². The number of likely N-dealkylation sites (tertiary alicyclic amines) is 1. The van der Waals surface area contributed by atoms with E-state index in [2.05, 4.69) is 17.4 Å². The molecule has 1 saturated heterocycles. The Labute approximate surface area is 157 Å². The van der Waals surface area contributed by atoms with Gasteiger partial charge in [0.25, 0.3) is 5.91 Å². The minimum atomic E-state index is -0.192. The molecule has 1 atom stereocenters. The molecule has 1 N–H and O–H groups in total. The van der Waals surface area contributed by atoms with Crippen molar-refractivity contribution in [3.63, 3.8) is 0 Å². The van der Waals surface area contributed by atoms with E-state index in [9.17, 15) is 9.59 Å². The van der Waals surface area contributed by atoms with Crippen molar-refractivity contribution in [1.29, 1.82) is 0 Å². The number of nitrogens with zero attached hydrogens (tertiary/aromatic N) is 1. The largest absolute Gasteiger partial charge is 0.454 e. The topological polar surface area (TPSA) is 67.9 Å². The standard InChI is InChI=1S/C21H20N2O4/c24-20-10-16(11-23(20)17-7-13-3-1-2-4-14(13)8-17)22-21(25)15-5-6-18-19(9-15)27-12-26-18/h1-6,9,16-17H,7-8,10-12H2,(H,22,25)/t16-/m1/s1. The molecule has 0 saturated carbocycles. The van der Waals surface area contributed by atoms with Crippen LogP contribution in [0.1, 0.15) is 27.9 Å². The first-order valence-electron chi connectivity index (χ1n) is 9.24. The fourth-order valence-corrected chi connectivity index (χ4v) is 4.24. The van der Waals surface area contributed by atoms with Crippen LogP contribution in [-0.4, -0.2) is 42.1 Å². The molecule has 2 amide bonds. The fourth-order valence-electron chi connectivity index (χ4n) is 4.24. The van der Waals surface area contributed by atoms with Crippen LogP contribution in [0.15, 0.2) is 42.5 Å². The smallest absolute Gasteiger partial charge is 0.251 e. The number of rotatable bonds is 3. The molecule has 0 aromatic heterocycles. The second-order valence-corrected chi connectivity index (χ2v) is 7.32. The molecular formula is C21H20N2O4. The van der Waals surface area contributed by atoms with Crippen molar-refractivity contribution in [3.05, 3.63) is 59.2 Å². The summed E-state index contributed by atoms with van der Waals surface area (Å²) in [5, 5.41) is 2.99. The van der Waals surface area contributed by atoms with Gasteiger partial charge in [0.15, 0.2) is 11.5 Å². The second-order valence-electron chi connectivity index (χ2n) is 7.32. The highest BCUT2D eigenvalue weighted by Gasteiger charge is 2.37. The van der Waals surface area contributed by atoms with Crippen LogP contribution in [0.2, 0.25) is 0 Å². The zero-order valence-electron chi connectivity index (χ0n) is 14.8. The number of nitrogens with one attached hydrogen (secondary N) is 1. The van der Waals surface area contributed by atoms with Gasteiger partial charge in [-0.3, -0.25) is 9.59 Å². The highest BCUT2D eigenvalue weighted by Crippen LogP contribution is 2.33. The van der Waals surface area contributed by atoms with Crippen LogP contribution in [0.4, 0.5) is 0 Å². The molecule has 0 radical (unpaired) electrons. The van der Waals surface area contributed by atoms with Crippen LogP contribution in [0.3, 0.4) is 0 Å². The lowest BCUT2D eigenvalue weighted by atomic mass is 10.1. The van der Waals surface area contributed by atoms with Gasteiger partial charge < -0.3 is 19.7 Å². The fraction of sp³-hybridized carbons (Fsp3) is 0.333. The van der Waals surface area contributed by atoms with E-state index in [-0.39, 0.29) is 30.7 Å². The zero-order chi connectivity index (χ0) is 18.4. The Hall–Kier alpha value is -3.02. The van der Waals surface area contributed by atoms with Crippen molar-refractivity contribution in [1.82, 2.24) is 10.2 Å². The van der Waals surface area contributed by atoms with Gasteiger partial charge in [-0.2, -0.15) is 0 Å². The molecule has 27 heavy (non-hydrogen) atoms. The van der Waals surface area contributed by atoms with Gasteiger partial charge in [-0.05, 0) is 42.2 Å². The summed E-state index contributed by atoms with van der Waals surface area (Å²) in [4.78, 5) is 27.0.